The number of methoxy groups -OCH3 is 1. The molecule has 1 N–H and O–H groups in total. The van der Waals surface area contributed by atoms with E-state index in [2.05, 4.69) is 11.8 Å². The van der Waals surface area contributed by atoms with E-state index in [1.807, 2.05) is 0 Å². The molecule has 0 aromatic heterocycles. The number of fused-ring (bicyclic) bond motifs is 1. The van der Waals surface area contributed by atoms with Crippen molar-refractivity contribution in [2.24, 2.45) is 0 Å². The van der Waals surface area contributed by atoms with Crippen LogP contribution in [0.5, 0.6) is 5.75 Å². The Morgan fingerprint density at radius 2 is 1.70 bits per heavy atom. The van der Waals surface area contributed by atoms with Crippen molar-refractivity contribution in [2.75, 3.05) is 31.8 Å². The summed E-state index contributed by atoms with van der Waals surface area (Å²) in [5.74, 6) is 0.621. The van der Waals surface area contributed by atoms with Crippen molar-refractivity contribution in [1.82, 2.24) is 4.31 Å². The van der Waals surface area contributed by atoms with Crippen LogP contribution in [-0.2, 0) is 26.1 Å². The second-order valence-corrected chi connectivity index (χ2v) is 10.5. The number of hydrogen-bond donors (Lipinski definition) is 1. The van der Waals surface area contributed by atoms with Crippen LogP contribution in [-0.4, -0.2) is 62.6 Å². The summed E-state index contributed by atoms with van der Waals surface area (Å²) in [6.45, 7) is -0.750. The van der Waals surface area contributed by atoms with E-state index < -0.39 is 58.2 Å². The normalized spacial score (nSPS) is 15.4. The van der Waals surface area contributed by atoms with Gasteiger partial charge in [0.25, 0.3) is 5.91 Å². The molecule has 1 aliphatic heterocycles. The first-order chi connectivity index (χ1) is 19.1. The van der Waals surface area contributed by atoms with Crippen molar-refractivity contribution >= 4 is 27.6 Å². The Labute approximate surface area is 229 Å². The molecule has 1 aliphatic rings. The molecule has 1 heterocycles. The number of halogens is 2. The zero-order valence-electron chi connectivity index (χ0n) is 21.2. The summed E-state index contributed by atoms with van der Waals surface area (Å²) in [5.41, 5.74) is -0.134. The Kier molecular flexibility index (Phi) is 8.79. The Balaban J connectivity index is 1.69. The summed E-state index contributed by atoms with van der Waals surface area (Å²) in [6, 6.07) is 12.9. The van der Waals surface area contributed by atoms with E-state index in [1.165, 1.54) is 43.5 Å². The lowest BCUT2D eigenvalue weighted by atomic mass is 10.1. The summed E-state index contributed by atoms with van der Waals surface area (Å²) >= 11 is 0. The fraction of sp³-hybridized carbons (Fsp3) is 0.214. The number of amides is 1. The van der Waals surface area contributed by atoms with E-state index >= 15 is 0 Å². The van der Waals surface area contributed by atoms with Crippen molar-refractivity contribution in [1.29, 1.82) is 0 Å². The highest BCUT2D eigenvalue weighted by molar-refractivity contribution is 7.89. The van der Waals surface area contributed by atoms with Gasteiger partial charge in [0.15, 0.2) is 11.6 Å². The SMILES string of the molecule is COCC#CCOc1ccc(S(=O)(=O)N2Cc3ccccc3N(C(=O)c3cccc(F)c3F)CC2C(=O)O)cc1. The molecule has 0 bridgehead atoms. The monoisotopic (exact) mass is 570 g/mol. The molecule has 1 amide bonds. The number of ether oxygens (including phenoxy) is 2. The summed E-state index contributed by atoms with van der Waals surface area (Å²) in [4.78, 5) is 26.6. The smallest absolute Gasteiger partial charge is 0.323 e. The van der Waals surface area contributed by atoms with Crippen molar-refractivity contribution in [3.63, 3.8) is 0 Å². The van der Waals surface area contributed by atoms with Crippen LogP contribution in [0, 0.1) is 23.5 Å². The molecule has 3 aromatic carbocycles. The maximum atomic E-state index is 14.5. The first kappa shape index (κ1) is 28.7. The first-order valence-corrected chi connectivity index (χ1v) is 13.3. The third-order valence-corrected chi connectivity index (χ3v) is 7.98. The maximum Gasteiger partial charge on any atom is 0.323 e. The fourth-order valence-electron chi connectivity index (χ4n) is 4.15. The minimum Gasteiger partial charge on any atom is -0.481 e. The van der Waals surface area contributed by atoms with Crippen LogP contribution in [0.25, 0.3) is 0 Å². The third kappa shape index (κ3) is 5.96. The molecule has 40 heavy (non-hydrogen) atoms. The number of carbonyl (C=O) groups excluding carboxylic acids is 1. The quantitative estimate of drug-likeness (QED) is 0.434. The number of carbonyl (C=O) groups is 2. The molecule has 1 unspecified atom stereocenters. The number of hydrogen-bond acceptors (Lipinski definition) is 6. The van der Waals surface area contributed by atoms with Gasteiger partial charge in [-0.05, 0) is 48.0 Å². The number of anilines is 1. The topological polar surface area (TPSA) is 113 Å². The van der Waals surface area contributed by atoms with E-state index in [0.29, 0.717) is 11.3 Å². The van der Waals surface area contributed by atoms with E-state index in [-0.39, 0.29) is 23.8 Å². The van der Waals surface area contributed by atoms with Crippen LogP contribution in [0.2, 0.25) is 0 Å². The lowest BCUT2D eigenvalue weighted by Gasteiger charge is -2.28. The number of rotatable bonds is 7. The Morgan fingerprint density at radius 3 is 2.40 bits per heavy atom. The van der Waals surface area contributed by atoms with Crippen molar-refractivity contribution in [2.45, 2.75) is 17.5 Å². The Morgan fingerprint density at radius 1 is 1.00 bits per heavy atom. The van der Waals surface area contributed by atoms with Crippen LogP contribution < -0.4 is 9.64 Å². The summed E-state index contributed by atoms with van der Waals surface area (Å²) < 4.78 is 66.9. The van der Waals surface area contributed by atoms with Gasteiger partial charge in [-0.2, -0.15) is 4.31 Å². The average Bonchev–Trinajstić information content (AvgIpc) is 3.12. The van der Waals surface area contributed by atoms with Crippen molar-refractivity contribution in [3.8, 4) is 17.6 Å². The zero-order chi connectivity index (χ0) is 28.9. The van der Waals surface area contributed by atoms with Crippen molar-refractivity contribution in [3.05, 3.63) is 89.5 Å². The van der Waals surface area contributed by atoms with Gasteiger partial charge in [0.05, 0.1) is 17.0 Å². The van der Waals surface area contributed by atoms with E-state index in [0.717, 1.165) is 27.4 Å². The second kappa shape index (κ2) is 12.3. The number of carboxylic acid groups (broad SMARTS) is 1. The molecule has 0 radical (unpaired) electrons. The first-order valence-electron chi connectivity index (χ1n) is 11.9. The highest BCUT2D eigenvalue weighted by Crippen LogP contribution is 2.33. The standard InChI is InChI=1S/C28H24F2N2O7S/c1-38-15-4-5-16-39-20-11-13-21(14-12-20)40(36,37)32-17-19-7-2-3-10-24(19)31(18-25(32)28(34)35)27(33)22-8-6-9-23(29)26(22)30/h2-3,6-14,25H,15-18H2,1H3,(H,34,35). The van der Waals surface area contributed by atoms with Gasteiger partial charge in [0.2, 0.25) is 10.0 Å². The van der Waals surface area contributed by atoms with Crippen LogP contribution in [0.15, 0.2) is 71.6 Å². The minimum atomic E-state index is -4.42. The highest BCUT2D eigenvalue weighted by Gasteiger charge is 2.42. The van der Waals surface area contributed by atoms with Gasteiger partial charge < -0.3 is 19.5 Å². The van der Waals surface area contributed by atoms with E-state index in [1.54, 1.807) is 12.1 Å². The summed E-state index contributed by atoms with van der Waals surface area (Å²) in [5, 5.41) is 10.1. The summed E-state index contributed by atoms with van der Waals surface area (Å²) in [7, 11) is -2.91. The lowest BCUT2D eigenvalue weighted by molar-refractivity contribution is -0.141. The van der Waals surface area contributed by atoms with Gasteiger partial charge in [-0.1, -0.05) is 36.1 Å². The molecule has 0 spiro atoms. The third-order valence-electron chi connectivity index (χ3n) is 6.11. The molecule has 1 atom stereocenters. The largest absolute Gasteiger partial charge is 0.481 e. The van der Waals surface area contributed by atoms with Gasteiger partial charge in [-0.25, -0.2) is 17.2 Å². The van der Waals surface area contributed by atoms with Crippen LogP contribution >= 0.6 is 0 Å². The fourth-order valence-corrected chi connectivity index (χ4v) is 5.70. The Hall–Kier alpha value is -4.31. The maximum absolute atomic E-state index is 14.5. The molecule has 208 valence electrons. The van der Waals surface area contributed by atoms with E-state index in [9.17, 15) is 31.9 Å². The highest BCUT2D eigenvalue weighted by atomic mass is 32.2. The van der Waals surface area contributed by atoms with Crippen LogP contribution in [0.3, 0.4) is 0 Å². The lowest BCUT2D eigenvalue weighted by Crippen LogP contribution is -2.50. The van der Waals surface area contributed by atoms with Gasteiger partial charge in [-0.3, -0.25) is 9.59 Å². The molecule has 0 saturated heterocycles. The number of benzene rings is 3. The van der Waals surface area contributed by atoms with Gasteiger partial charge in [0.1, 0.15) is 25.0 Å². The molecular weight excluding hydrogens is 546 g/mol. The predicted molar refractivity (Wildman–Crippen MR) is 140 cm³/mol. The molecule has 0 aliphatic carbocycles. The zero-order valence-corrected chi connectivity index (χ0v) is 22.0. The minimum absolute atomic E-state index is 0.0508. The molecule has 9 nitrogen and oxygen atoms in total. The Bertz CT molecular complexity index is 1580. The van der Waals surface area contributed by atoms with Crippen LogP contribution in [0.4, 0.5) is 14.5 Å². The molecule has 0 fully saturated rings. The molecule has 0 saturated carbocycles. The van der Waals surface area contributed by atoms with Gasteiger partial charge >= 0.3 is 5.97 Å². The molecular formula is C28H24F2N2O7S. The van der Waals surface area contributed by atoms with Crippen molar-refractivity contribution < 1.29 is 41.4 Å². The number of nitrogens with zero attached hydrogens (tertiary/aromatic N) is 2. The average molecular weight is 571 g/mol. The van der Waals surface area contributed by atoms with Crippen LogP contribution in [0.1, 0.15) is 15.9 Å². The van der Waals surface area contributed by atoms with Gasteiger partial charge in [0, 0.05) is 19.3 Å². The molecule has 4 rings (SSSR count). The molecule has 3 aromatic rings. The number of para-hydroxylation sites is 1. The van der Waals surface area contributed by atoms with E-state index in [4.69, 9.17) is 9.47 Å². The summed E-state index contributed by atoms with van der Waals surface area (Å²) in [6.07, 6.45) is 0. The number of carboxylic acids is 1. The molecule has 12 heteroatoms. The number of sulfonamides is 1. The number of aliphatic carboxylic acids is 1. The predicted octanol–water partition coefficient (Wildman–Crippen LogP) is 3.30. The second-order valence-electron chi connectivity index (χ2n) is 8.60. The van der Waals surface area contributed by atoms with Gasteiger partial charge in [-0.15, -0.1) is 0 Å².